The molecule has 0 spiro atoms. The molecule has 150 valence electrons. The van der Waals surface area contributed by atoms with E-state index in [9.17, 15) is 9.59 Å². The van der Waals surface area contributed by atoms with Crippen LogP contribution in [0.4, 0.5) is 5.69 Å². The maximum absolute atomic E-state index is 12.0. The molecule has 0 unspecified atom stereocenters. The molecule has 0 saturated heterocycles. The van der Waals surface area contributed by atoms with Crippen molar-refractivity contribution >= 4 is 17.5 Å². The van der Waals surface area contributed by atoms with Gasteiger partial charge in [0.1, 0.15) is 11.5 Å². The minimum atomic E-state index is -0.265. The van der Waals surface area contributed by atoms with Gasteiger partial charge in [-0.05, 0) is 48.9 Å². The molecule has 2 aromatic rings. The monoisotopic (exact) mass is 386 g/mol. The summed E-state index contributed by atoms with van der Waals surface area (Å²) in [5.74, 6) is 1.01. The summed E-state index contributed by atoms with van der Waals surface area (Å²) in [5, 5.41) is 5.52. The number of nitrogens with one attached hydrogen (secondary N) is 2. The van der Waals surface area contributed by atoms with Gasteiger partial charge in [-0.2, -0.15) is 0 Å². The maximum atomic E-state index is 12.0. The van der Waals surface area contributed by atoms with E-state index >= 15 is 0 Å². The van der Waals surface area contributed by atoms with Gasteiger partial charge in [0.15, 0.2) is 6.61 Å². The van der Waals surface area contributed by atoms with Gasteiger partial charge in [-0.3, -0.25) is 9.59 Å². The third-order valence-corrected chi connectivity index (χ3v) is 3.74. The number of ether oxygens (including phenoxy) is 3. The normalized spacial score (nSPS) is 10.2. The summed E-state index contributed by atoms with van der Waals surface area (Å²) in [6.45, 7) is 3.38. The third kappa shape index (κ3) is 7.67. The van der Waals surface area contributed by atoms with Crippen LogP contribution in [0.25, 0.3) is 0 Å². The van der Waals surface area contributed by atoms with E-state index in [-0.39, 0.29) is 24.8 Å². The molecular weight excluding hydrogens is 360 g/mol. The highest BCUT2D eigenvalue weighted by Gasteiger charge is 2.06. The zero-order valence-electron chi connectivity index (χ0n) is 16.2. The molecule has 28 heavy (non-hydrogen) atoms. The van der Waals surface area contributed by atoms with Crippen LogP contribution in [0.15, 0.2) is 48.5 Å². The van der Waals surface area contributed by atoms with Crippen molar-refractivity contribution in [3.63, 3.8) is 0 Å². The zero-order valence-corrected chi connectivity index (χ0v) is 16.2. The number of methoxy groups -OCH3 is 1. The van der Waals surface area contributed by atoms with E-state index in [4.69, 9.17) is 14.2 Å². The summed E-state index contributed by atoms with van der Waals surface area (Å²) in [7, 11) is 1.59. The maximum Gasteiger partial charge on any atom is 0.262 e. The van der Waals surface area contributed by atoms with Gasteiger partial charge in [-0.1, -0.05) is 12.1 Å². The van der Waals surface area contributed by atoms with Crippen molar-refractivity contribution < 1.29 is 23.8 Å². The highest BCUT2D eigenvalue weighted by atomic mass is 16.5. The van der Waals surface area contributed by atoms with Gasteiger partial charge in [0, 0.05) is 19.3 Å². The first-order chi connectivity index (χ1) is 13.6. The third-order valence-electron chi connectivity index (χ3n) is 3.74. The lowest BCUT2D eigenvalue weighted by Crippen LogP contribution is -2.28. The predicted molar refractivity (Wildman–Crippen MR) is 107 cm³/mol. The van der Waals surface area contributed by atoms with E-state index in [1.807, 2.05) is 6.92 Å². The fraction of sp³-hybridized carbons (Fsp3) is 0.333. The summed E-state index contributed by atoms with van der Waals surface area (Å²) >= 11 is 0. The molecule has 0 atom stereocenters. The Bertz CT molecular complexity index is 744. The van der Waals surface area contributed by atoms with Crippen molar-refractivity contribution in [2.45, 2.75) is 13.3 Å². The van der Waals surface area contributed by atoms with Gasteiger partial charge in [0.2, 0.25) is 5.91 Å². The van der Waals surface area contributed by atoms with Crippen LogP contribution in [-0.4, -0.2) is 45.3 Å². The predicted octanol–water partition coefficient (Wildman–Crippen LogP) is 2.41. The smallest absolute Gasteiger partial charge is 0.262 e. The largest absolute Gasteiger partial charge is 0.494 e. The molecule has 7 heteroatoms. The molecule has 0 fully saturated rings. The van der Waals surface area contributed by atoms with Crippen LogP contribution in [0.3, 0.4) is 0 Å². The van der Waals surface area contributed by atoms with Crippen LogP contribution in [0, 0.1) is 0 Å². The molecule has 0 aliphatic heterocycles. The number of amides is 2. The van der Waals surface area contributed by atoms with Gasteiger partial charge < -0.3 is 24.8 Å². The Hall–Kier alpha value is -3.06. The molecule has 2 amide bonds. The van der Waals surface area contributed by atoms with Crippen molar-refractivity contribution in [3.05, 3.63) is 54.1 Å². The highest BCUT2D eigenvalue weighted by molar-refractivity contribution is 5.92. The molecule has 0 aromatic heterocycles. The minimum Gasteiger partial charge on any atom is -0.494 e. The van der Waals surface area contributed by atoms with Crippen molar-refractivity contribution in [2.24, 2.45) is 0 Å². The van der Waals surface area contributed by atoms with Crippen molar-refractivity contribution in [3.8, 4) is 11.5 Å². The van der Waals surface area contributed by atoms with Crippen molar-refractivity contribution in [1.82, 2.24) is 5.32 Å². The topological polar surface area (TPSA) is 85.9 Å². The Morgan fingerprint density at radius 1 is 0.893 bits per heavy atom. The van der Waals surface area contributed by atoms with Crippen LogP contribution >= 0.6 is 0 Å². The first-order valence-corrected chi connectivity index (χ1v) is 9.10. The molecule has 7 nitrogen and oxygen atoms in total. The summed E-state index contributed by atoms with van der Waals surface area (Å²) in [6, 6.07) is 14.2. The summed E-state index contributed by atoms with van der Waals surface area (Å²) < 4.78 is 15.7. The first kappa shape index (κ1) is 21.2. The SMILES string of the molecule is CCOc1ccc(OCC(=O)Nc2ccc(CC(=O)NCCOC)cc2)cc1. The van der Waals surface area contributed by atoms with E-state index in [1.165, 1.54) is 0 Å². The van der Waals surface area contributed by atoms with Crippen LogP contribution in [0.2, 0.25) is 0 Å². The molecule has 2 N–H and O–H groups in total. The number of rotatable bonds is 11. The Morgan fingerprint density at radius 2 is 1.54 bits per heavy atom. The highest BCUT2D eigenvalue weighted by Crippen LogP contribution is 2.17. The summed E-state index contributed by atoms with van der Waals surface area (Å²) in [5.41, 5.74) is 1.50. The van der Waals surface area contributed by atoms with E-state index in [0.29, 0.717) is 31.2 Å². The summed E-state index contributed by atoms with van der Waals surface area (Å²) in [6.07, 6.45) is 0.277. The average Bonchev–Trinajstić information content (AvgIpc) is 2.69. The van der Waals surface area contributed by atoms with Crippen LogP contribution in [0.5, 0.6) is 11.5 Å². The standard InChI is InChI=1S/C21H26N2O5/c1-3-27-18-8-10-19(11-9-18)28-15-21(25)23-17-6-4-16(5-7-17)14-20(24)22-12-13-26-2/h4-11H,3,12-15H2,1-2H3,(H,22,24)(H,23,25). The number of benzene rings is 2. The second-order valence-electron chi connectivity index (χ2n) is 5.96. The number of carbonyl (C=O) groups is 2. The number of hydrogen-bond acceptors (Lipinski definition) is 5. The lowest BCUT2D eigenvalue weighted by Gasteiger charge is -2.09. The van der Waals surface area contributed by atoms with Gasteiger partial charge in [-0.15, -0.1) is 0 Å². The molecule has 0 saturated carbocycles. The van der Waals surface area contributed by atoms with Crippen molar-refractivity contribution in [1.29, 1.82) is 0 Å². The fourth-order valence-corrected chi connectivity index (χ4v) is 2.39. The van der Waals surface area contributed by atoms with Crippen LogP contribution < -0.4 is 20.1 Å². The van der Waals surface area contributed by atoms with E-state index in [0.717, 1.165) is 11.3 Å². The minimum absolute atomic E-state index is 0.0717. The summed E-state index contributed by atoms with van der Waals surface area (Å²) in [4.78, 5) is 23.8. The fourth-order valence-electron chi connectivity index (χ4n) is 2.39. The Kier molecular flexibility index (Phi) is 8.81. The second-order valence-corrected chi connectivity index (χ2v) is 5.96. The van der Waals surface area contributed by atoms with Gasteiger partial charge in [-0.25, -0.2) is 0 Å². The molecular formula is C21H26N2O5. The zero-order chi connectivity index (χ0) is 20.2. The molecule has 2 rings (SSSR count). The first-order valence-electron chi connectivity index (χ1n) is 9.10. The molecule has 0 heterocycles. The quantitative estimate of drug-likeness (QED) is 0.579. The lowest BCUT2D eigenvalue weighted by molar-refractivity contribution is -0.120. The van der Waals surface area contributed by atoms with Gasteiger partial charge >= 0.3 is 0 Å². The Morgan fingerprint density at radius 3 is 2.14 bits per heavy atom. The average molecular weight is 386 g/mol. The van der Waals surface area contributed by atoms with Crippen LogP contribution in [-0.2, 0) is 20.7 Å². The van der Waals surface area contributed by atoms with E-state index in [1.54, 1.807) is 55.6 Å². The molecule has 0 aliphatic carbocycles. The second kappa shape index (κ2) is 11.6. The number of carbonyl (C=O) groups excluding carboxylic acids is 2. The molecule has 0 radical (unpaired) electrons. The number of hydrogen-bond donors (Lipinski definition) is 2. The van der Waals surface area contributed by atoms with E-state index < -0.39 is 0 Å². The van der Waals surface area contributed by atoms with Gasteiger partial charge in [0.05, 0.1) is 19.6 Å². The van der Waals surface area contributed by atoms with Crippen LogP contribution in [0.1, 0.15) is 12.5 Å². The Balaban J connectivity index is 1.75. The molecule has 0 aliphatic rings. The molecule has 2 aromatic carbocycles. The Labute approximate surface area is 165 Å². The molecule has 0 bridgehead atoms. The van der Waals surface area contributed by atoms with E-state index in [2.05, 4.69) is 10.6 Å². The van der Waals surface area contributed by atoms with Gasteiger partial charge in [0.25, 0.3) is 5.91 Å². The lowest BCUT2D eigenvalue weighted by atomic mass is 10.1. The number of anilines is 1. The van der Waals surface area contributed by atoms with Crippen molar-refractivity contribution in [2.75, 3.05) is 38.8 Å².